The molecule has 0 aromatic carbocycles. The Morgan fingerprint density at radius 1 is 1.27 bits per heavy atom. The highest BCUT2D eigenvalue weighted by molar-refractivity contribution is 4.99. The van der Waals surface area contributed by atoms with Gasteiger partial charge in [0.05, 0.1) is 0 Å². The van der Waals surface area contributed by atoms with E-state index >= 15 is 0 Å². The minimum absolute atomic E-state index is 0.234. The maximum Gasteiger partial charge on any atom is 0.0144 e. The minimum atomic E-state index is -0.265. The Balaban J connectivity index is 4.15. The summed E-state index contributed by atoms with van der Waals surface area (Å²) in [6.45, 7) is 3.90. The van der Waals surface area contributed by atoms with Crippen molar-refractivity contribution in [1.29, 1.82) is 0 Å². The van der Waals surface area contributed by atoms with Gasteiger partial charge in [-0.25, -0.2) is 0 Å². The van der Waals surface area contributed by atoms with Gasteiger partial charge in [0, 0.05) is 18.4 Å². The van der Waals surface area contributed by atoms with Crippen LogP contribution in [0.15, 0.2) is 0 Å². The van der Waals surface area contributed by atoms with Gasteiger partial charge in [0.25, 0.3) is 0 Å². The van der Waals surface area contributed by atoms with E-state index in [1.807, 2.05) is 13.8 Å². The second kappa shape index (κ2) is 4.06. The maximum atomic E-state index is 5.86. The van der Waals surface area contributed by atoms with Gasteiger partial charge in [0.2, 0.25) is 0 Å². The zero-order chi connectivity index (χ0) is 8.91. The zero-order valence-corrected chi connectivity index (χ0v) is 7.22. The van der Waals surface area contributed by atoms with E-state index in [2.05, 4.69) is 11.8 Å². The van der Waals surface area contributed by atoms with Gasteiger partial charge in [-0.15, -0.1) is 24.7 Å². The smallest absolute Gasteiger partial charge is 0.0144 e. The molecule has 1 nitrogen and oxygen atoms in total. The van der Waals surface area contributed by atoms with E-state index in [0.717, 1.165) is 0 Å². The quantitative estimate of drug-likeness (QED) is 0.603. The molecule has 0 bridgehead atoms. The summed E-state index contributed by atoms with van der Waals surface area (Å²) in [6, 6.07) is 0. The molecule has 0 spiro atoms. The van der Waals surface area contributed by atoms with Crippen molar-refractivity contribution in [2.45, 2.75) is 32.2 Å². The number of hydrogen-bond acceptors (Lipinski definition) is 1. The number of terminal acetylenes is 2. The molecule has 0 atom stereocenters. The van der Waals surface area contributed by atoms with E-state index in [4.69, 9.17) is 18.6 Å². The molecule has 60 valence electrons. The average Bonchev–Trinajstić information content (AvgIpc) is 1.85. The Labute approximate surface area is 69.4 Å². The first-order chi connectivity index (χ1) is 5.02. The van der Waals surface area contributed by atoms with Gasteiger partial charge in [-0.05, 0) is 19.8 Å². The molecule has 0 aromatic heterocycles. The molecule has 0 radical (unpaired) electrons. The van der Waals surface area contributed by atoms with Crippen molar-refractivity contribution in [1.82, 2.24) is 0 Å². The average molecular weight is 149 g/mol. The van der Waals surface area contributed by atoms with Crippen LogP contribution >= 0.6 is 0 Å². The summed E-state index contributed by atoms with van der Waals surface area (Å²) >= 11 is 0. The van der Waals surface area contributed by atoms with Gasteiger partial charge in [-0.2, -0.15) is 0 Å². The molecule has 11 heavy (non-hydrogen) atoms. The van der Waals surface area contributed by atoms with Crippen LogP contribution in [0, 0.1) is 30.6 Å². The summed E-state index contributed by atoms with van der Waals surface area (Å²) in [7, 11) is 0. The SMILES string of the molecule is C#CCC(CC#C)C(C)(C)N. The molecule has 0 heterocycles. The molecule has 0 saturated carbocycles. The van der Waals surface area contributed by atoms with Crippen LogP contribution in [-0.4, -0.2) is 5.54 Å². The first-order valence-electron chi connectivity index (χ1n) is 3.68. The molecular weight excluding hydrogens is 134 g/mol. The van der Waals surface area contributed by atoms with Crippen LogP contribution in [0.25, 0.3) is 0 Å². The van der Waals surface area contributed by atoms with Crippen molar-refractivity contribution in [3.05, 3.63) is 0 Å². The van der Waals surface area contributed by atoms with Crippen LogP contribution < -0.4 is 5.73 Å². The molecule has 0 aliphatic heterocycles. The Morgan fingerprint density at radius 2 is 1.64 bits per heavy atom. The third-order valence-corrected chi connectivity index (χ3v) is 1.78. The Morgan fingerprint density at radius 3 is 1.82 bits per heavy atom. The molecule has 2 N–H and O–H groups in total. The summed E-state index contributed by atoms with van der Waals surface area (Å²) in [4.78, 5) is 0. The van der Waals surface area contributed by atoms with Crippen LogP contribution in [0.4, 0.5) is 0 Å². The van der Waals surface area contributed by atoms with Crippen molar-refractivity contribution >= 4 is 0 Å². The molecule has 0 unspecified atom stereocenters. The predicted octanol–water partition coefficient (Wildman–Crippen LogP) is 1.39. The summed E-state index contributed by atoms with van der Waals surface area (Å²) in [5.41, 5.74) is 5.60. The highest BCUT2D eigenvalue weighted by Crippen LogP contribution is 2.19. The molecule has 0 aliphatic carbocycles. The normalized spacial score (nSPS) is 10.7. The molecule has 0 aliphatic rings. The van der Waals surface area contributed by atoms with Gasteiger partial charge < -0.3 is 5.73 Å². The van der Waals surface area contributed by atoms with Crippen LogP contribution in [0.3, 0.4) is 0 Å². The van der Waals surface area contributed by atoms with Gasteiger partial charge in [0.15, 0.2) is 0 Å². The third-order valence-electron chi connectivity index (χ3n) is 1.78. The van der Waals surface area contributed by atoms with Gasteiger partial charge >= 0.3 is 0 Å². The highest BCUT2D eigenvalue weighted by Gasteiger charge is 2.22. The van der Waals surface area contributed by atoms with E-state index in [-0.39, 0.29) is 11.5 Å². The Hall–Kier alpha value is -0.920. The van der Waals surface area contributed by atoms with Gasteiger partial charge in [-0.3, -0.25) is 0 Å². The zero-order valence-electron chi connectivity index (χ0n) is 7.22. The number of hydrogen-bond donors (Lipinski definition) is 1. The lowest BCUT2D eigenvalue weighted by Crippen LogP contribution is -2.40. The number of rotatable bonds is 3. The molecule has 1 heteroatoms. The number of nitrogens with two attached hydrogens (primary N) is 1. The van der Waals surface area contributed by atoms with Crippen LogP contribution in [-0.2, 0) is 0 Å². The van der Waals surface area contributed by atoms with E-state index in [9.17, 15) is 0 Å². The maximum absolute atomic E-state index is 5.86. The highest BCUT2D eigenvalue weighted by atomic mass is 14.7. The van der Waals surface area contributed by atoms with Gasteiger partial charge in [-0.1, -0.05) is 0 Å². The molecule has 0 rings (SSSR count). The van der Waals surface area contributed by atoms with Crippen LogP contribution in [0.2, 0.25) is 0 Å². The lowest BCUT2D eigenvalue weighted by molar-refractivity contribution is 0.332. The molecule has 0 amide bonds. The van der Waals surface area contributed by atoms with Crippen molar-refractivity contribution in [3.63, 3.8) is 0 Å². The molecule has 0 fully saturated rings. The molecule has 0 saturated heterocycles. The predicted molar refractivity (Wildman–Crippen MR) is 48.7 cm³/mol. The monoisotopic (exact) mass is 149 g/mol. The summed E-state index contributed by atoms with van der Waals surface area (Å²) in [5.74, 6) is 5.40. The van der Waals surface area contributed by atoms with Crippen molar-refractivity contribution in [3.8, 4) is 24.7 Å². The Bertz CT molecular complexity index is 168. The van der Waals surface area contributed by atoms with E-state index in [1.54, 1.807) is 0 Å². The standard InChI is InChI=1S/C10H15N/c1-5-7-9(8-6-2)10(3,4)11/h1-2,9H,7-8,11H2,3-4H3. The topological polar surface area (TPSA) is 26.0 Å². The third kappa shape index (κ3) is 3.71. The second-order valence-electron chi connectivity index (χ2n) is 3.33. The van der Waals surface area contributed by atoms with Crippen LogP contribution in [0.5, 0.6) is 0 Å². The first-order valence-corrected chi connectivity index (χ1v) is 3.68. The van der Waals surface area contributed by atoms with Gasteiger partial charge in [0.1, 0.15) is 0 Å². The summed E-state index contributed by atoms with van der Waals surface area (Å²) in [6.07, 6.45) is 11.7. The first kappa shape index (κ1) is 10.1. The van der Waals surface area contributed by atoms with Crippen molar-refractivity contribution < 1.29 is 0 Å². The fourth-order valence-corrected chi connectivity index (χ4v) is 0.883. The van der Waals surface area contributed by atoms with Crippen molar-refractivity contribution in [2.24, 2.45) is 11.7 Å². The molecule has 0 aromatic rings. The van der Waals surface area contributed by atoms with Crippen LogP contribution in [0.1, 0.15) is 26.7 Å². The lowest BCUT2D eigenvalue weighted by atomic mass is 9.84. The molecular formula is C10H15N. The fourth-order valence-electron chi connectivity index (χ4n) is 0.883. The second-order valence-corrected chi connectivity index (χ2v) is 3.33. The summed E-state index contributed by atoms with van der Waals surface area (Å²) < 4.78 is 0. The van der Waals surface area contributed by atoms with E-state index < -0.39 is 0 Å². The van der Waals surface area contributed by atoms with Crippen molar-refractivity contribution in [2.75, 3.05) is 0 Å². The minimum Gasteiger partial charge on any atom is -0.325 e. The summed E-state index contributed by atoms with van der Waals surface area (Å²) in [5, 5.41) is 0. The fraction of sp³-hybridized carbons (Fsp3) is 0.600. The Kier molecular flexibility index (Phi) is 3.72. The van der Waals surface area contributed by atoms with E-state index in [0.29, 0.717) is 12.8 Å². The van der Waals surface area contributed by atoms with E-state index in [1.165, 1.54) is 0 Å². The largest absolute Gasteiger partial charge is 0.325 e. The lowest BCUT2D eigenvalue weighted by Gasteiger charge is -2.27.